The average Bonchev–Trinajstić information content (AvgIpc) is 2.94. The van der Waals surface area contributed by atoms with Gasteiger partial charge in [0.25, 0.3) is 0 Å². The van der Waals surface area contributed by atoms with Gasteiger partial charge < -0.3 is 15.7 Å². The van der Waals surface area contributed by atoms with E-state index in [-0.39, 0.29) is 6.54 Å². The Morgan fingerprint density at radius 2 is 2.08 bits per heavy atom. The molecule has 6 heteroatoms. The highest BCUT2D eigenvalue weighted by Gasteiger charge is 2.31. The molecule has 1 aromatic carbocycles. The van der Waals surface area contributed by atoms with E-state index in [1.54, 1.807) is 6.07 Å². The van der Waals surface area contributed by atoms with Crippen molar-refractivity contribution < 1.29 is 5.11 Å². The minimum atomic E-state index is -0.711. The molecule has 0 bridgehead atoms. The summed E-state index contributed by atoms with van der Waals surface area (Å²) >= 11 is 6.15. The highest BCUT2D eigenvalue weighted by atomic mass is 35.5. The van der Waals surface area contributed by atoms with Gasteiger partial charge in [0.2, 0.25) is 0 Å². The first-order valence-electron chi connectivity index (χ1n) is 9.13. The Labute approximate surface area is 156 Å². The molecule has 25 heavy (non-hydrogen) atoms. The summed E-state index contributed by atoms with van der Waals surface area (Å²) in [5, 5.41) is 17.8. The van der Waals surface area contributed by atoms with Crippen molar-refractivity contribution in [1.29, 1.82) is 0 Å². The van der Waals surface area contributed by atoms with Gasteiger partial charge in [-0.3, -0.25) is 9.89 Å². The Balaban J connectivity index is 2.00. The third-order valence-electron chi connectivity index (χ3n) is 4.72. The molecule has 1 saturated heterocycles. The topological polar surface area (TPSA) is 59.9 Å². The zero-order valence-electron chi connectivity index (χ0n) is 15.7. The molecule has 1 aliphatic heterocycles. The van der Waals surface area contributed by atoms with Gasteiger partial charge in [-0.25, -0.2) is 0 Å². The van der Waals surface area contributed by atoms with Gasteiger partial charge in [0, 0.05) is 42.3 Å². The van der Waals surface area contributed by atoms with Crippen LogP contribution in [-0.4, -0.2) is 54.2 Å². The maximum atomic E-state index is 10.4. The second-order valence-corrected chi connectivity index (χ2v) is 7.44. The first-order valence-corrected chi connectivity index (χ1v) is 9.51. The lowest BCUT2D eigenvalue weighted by molar-refractivity contribution is 0.187. The standard InChI is InChI=1S/C19H31ClN4O/c1-5-21-19(23-17-12-24(13(2)3)11-14(17)4)22-10-18(25)15-8-6-7-9-16(15)20/h6-9,13-14,17-18,25H,5,10-12H2,1-4H3,(H2,21,22,23). The average molecular weight is 367 g/mol. The van der Waals surface area contributed by atoms with Crippen LogP contribution in [0.4, 0.5) is 0 Å². The number of aliphatic hydroxyl groups excluding tert-OH is 1. The Bertz CT molecular complexity index is 578. The molecule has 140 valence electrons. The maximum Gasteiger partial charge on any atom is 0.191 e. The van der Waals surface area contributed by atoms with Crippen molar-refractivity contribution in [2.24, 2.45) is 10.9 Å². The third-order valence-corrected chi connectivity index (χ3v) is 5.07. The van der Waals surface area contributed by atoms with Gasteiger partial charge in [0.1, 0.15) is 6.10 Å². The second-order valence-electron chi connectivity index (χ2n) is 7.03. The zero-order chi connectivity index (χ0) is 18.4. The monoisotopic (exact) mass is 366 g/mol. The van der Waals surface area contributed by atoms with Crippen molar-refractivity contribution in [3.8, 4) is 0 Å². The second kappa shape index (κ2) is 9.41. The van der Waals surface area contributed by atoms with Crippen LogP contribution in [-0.2, 0) is 0 Å². The molecule has 3 N–H and O–H groups in total. The molecule has 0 saturated carbocycles. The summed E-state index contributed by atoms with van der Waals surface area (Å²) in [5.41, 5.74) is 0.712. The Kier molecular flexibility index (Phi) is 7.54. The summed E-state index contributed by atoms with van der Waals surface area (Å²) in [6.07, 6.45) is -0.711. The van der Waals surface area contributed by atoms with Gasteiger partial charge >= 0.3 is 0 Å². The molecule has 1 fully saturated rings. The number of nitrogens with one attached hydrogen (secondary N) is 2. The summed E-state index contributed by atoms with van der Waals surface area (Å²) in [6, 6.07) is 8.26. The van der Waals surface area contributed by atoms with Gasteiger partial charge in [-0.15, -0.1) is 0 Å². The third kappa shape index (κ3) is 5.59. The number of aliphatic hydroxyl groups is 1. The van der Waals surface area contributed by atoms with Crippen LogP contribution < -0.4 is 10.6 Å². The van der Waals surface area contributed by atoms with E-state index in [1.165, 1.54) is 0 Å². The normalized spacial score (nSPS) is 23.1. The lowest BCUT2D eigenvalue weighted by Crippen LogP contribution is -2.47. The van der Waals surface area contributed by atoms with E-state index in [2.05, 4.69) is 41.3 Å². The lowest BCUT2D eigenvalue weighted by Gasteiger charge is -2.22. The first kappa shape index (κ1) is 20.0. The summed E-state index contributed by atoms with van der Waals surface area (Å²) in [4.78, 5) is 7.04. The van der Waals surface area contributed by atoms with Crippen LogP contribution in [0.25, 0.3) is 0 Å². The number of aliphatic imine (C=N–C) groups is 1. The molecule has 5 nitrogen and oxygen atoms in total. The van der Waals surface area contributed by atoms with Crippen molar-refractivity contribution in [2.75, 3.05) is 26.2 Å². The number of guanidine groups is 1. The van der Waals surface area contributed by atoms with Crippen LogP contribution in [0.3, 0.4) is 0 Å². The molecule has 1 heterocycles. The van der Waals surface area contributed by atoms with Crippen LogP contribution in [0.1, 0.15) is 39.4 Å². The van der Waals surface area contributed by atoms with Crippen molar-refractivity contribution in [1.82, 2.24) is 15.5 Å². The van der Waals surface area contributed by atoms with Crippen molar-refractivity contribution in [3.63, 3.8) is 0 Å². The fourth-order valence-electron chi connectivity index (χ4n) is 3.13. The fourth-order valence-corrected chi connectivity index (χ4v) is 3.39. The van der Waals surface area contributed by atoms with E-state index in [4.69, 9.17) is 11.6 Å². The molecule has 0 radical (unpaired) electrons. The molecule has 3 unspecified atom stereocenters. The molecule has 0 amide bonds. The first-order chi connectivity index (χ1) is 11.9. The highest BCUT2D eigenvalue weighted by Crippen LogP contribution is 2.23. The molecule has 0 aliphatic carbocycles. The van der Waals surface area contributed by atoms with Crippen LogP contribution in [0.5, 0.6) is 0 Å². The molecular formula is C19H31ClN4O. The number of nitrogens with zero attached hydrogens (tertiary/aromatic N) is 2. The van der Waals surface area contributed by atoms with E-state index in [9.17, 15) is 5.11 Å². The molecular weight excluding hydrogens is 336 g/mol. The van der Waals surface area contributed by atoms with Gasteiger partial charge in [-0.1, -0.05) is 36.7 Å². The molecule has 2 rings (SSSR count). The van der Waals surface area contributed by atoms with Gasteiger partial charge in [-0.2, -0.15) is 0 Å². The zero-order valence-corrected chi connectivity index (χ0v) is 16.4. The summed E-state index contributed by atoms with van der Waals surface area (Å²) in [7, 11) is 0. The predicted octanol–water partition coefficient (Wildman–Crippen LogP) is 2.66. The van der Waals surface area contributed by atoms with E-state index in [1.807, 2.05) is 25.1 Å². The number of benzene rings is 1. The van der Waals surface area contributed by atoms with Crippen molar-refractivity contribution in [3.05, 3.63) is 34.9 Å². The van der Waals surface area contributed by atoms with Gasteiger partial charge in [0.05, 0.1) is 6.54 Å². The number of halogens is 1. The van der Waals surface area contributed by atoms with Gasteiger partial charge in [0.15, 0.2) is 5.96 Å². The van der Waals surface area contributed by atoms with Crippen LogP contribution in [0.15, 0.2) is 29.3 Å². The Morgan fingerprint density at radius 1 is 1.36 bits per heavy atom. The minimum Gasteiger partial charge on any atom is -0.386 e. The van der Waals surface area contributed by atoms with E-state index in [0.717, 1.165) is 25.6 Å². The number of hydrogen-bond donors (Lipinski definition) is 3. The lowest BCUT2D eigenvalue weighted by atomic mass is 10.1. The van der Waals surface area contributed by atoms with Crippen molar-refractivity contribution in [2.45, 2.75) is 45.9 Å². The van der Waals surface area contributed by atoms with E-state index < -0.39 is 6.10 Å². The number of hydrogen-bond acceptors (Lipinski definition) is 3. The minimum absolute atomic E-state index is 0.272. The Morgan fingerprint density at radius 3 is 2.68 bits per heavy atom. The Hall–Kier alpha value is -1.30. The van der Waals surface area contributed by atoms with Crippen LogP contribution >= 0.6 is 11.6 Å². The SMILES string of the molecule is CCNC(=NCC(O)c1ccccc1Cl)NC1CN(C(C)C)CC1C. The highest BCUT2D eigenvalue weighted by molar-refractivity contribution is 6.31. The maximum absolute atomic E-state index is 10.4. The predicted molar refractivity (Wildman–Crippen MR) is 105 cm³/mol. The van der Waals surface area contributed by atoms with Crippen molar-refractivity contribution >= 4 is 17.6 Å². The van der Waals surface area contributed by atoms with Crippen LogP contribution in [0.2, 0.25) is 5.02 Å². The molecule has 0 spiro atoms. The molecule has 0 aromatic heterocycles. The number of rotatable bonds is 6. The largest absolute Gasteiger partial charge is 0.386 e. The quantitative estimate of drug-likeness (QED) is 0.535. The molecule has 1 aliphatic rings. The molecule has 1 aromatic rings. The fraction of sp³-hybridized carbons (Fsp3) is 0.632. The van der Waals surface area contributed by atoms with Gasteiger partial charge in [-0.05, 0) is 32.8 Å². The summed E-state index contributed by atoms with van der Waals surface area (Å²) in [6.45, 7) is 11.9. The summed E-state index contributed by atoms with van der Waals surface area (Å²) in [5.74, 6) is 1.30. The smallest absolute Gasteiger partial charge is 0.191 e. The van der Waals surface area contributed by atoms with Crippen LogP contribution in [0, 0.1) is 5.92 Å². The number of likely N-dealkylation sites (tertiary alicyclic amines) is 1. The van der Waals surface area contributed by atoms with E-state index >= 15 is 0 Å². The molecule has 3 atom stereocenters. The van der Waals surface area contributed by atoms with E-state index in [0.29, 0.717) is 28.6 Å². The summed E-state index contributed by atoms with van der Waals surface area (Å²) < 4.78 is 0.